The van der Waals surface area contributed by atoms with E-state index in [1.165, 1.54) is 54.8 Å². The minimum atomic E-state index is 0.950. The van der Waals surface area contributed by atoms with E-state index in [0.29, 0.717) is 0 Å². The van der Waals surface area contributed by atoms with Gasteiger partial charge in [0.1, 0.15) is 0 Å². The summed E-state index contributed by atoms with van der Waals surface area (Å²) in [6.45, 7) is 0. The fourth-order valence-corrected chi connectivity index (χ4v) is 9.12. The van der Waals surface area contributed by atoms with Crippen molar-refractivity contribution in [2.45, 2.75) is 6.42 Å². The predicted molar refractivity (Wildman–Crippen MR) is 183 cm³/mol. The summed E-state index contributed by atoms with van der Waals surface area (Å²) >= 11 is 14.9. The molecule has 0 atom stereocenters. The molecule has 4 rings (SSSR count). The standard InChI is InChI=1S/C25H14I6/c26-20-7-3-1-5-16(20)14-9-22(28)18(23(29)10-14)13-19-24(30)11-15(12-25(19)31)17-6-2-4-8-21(17)27/h1-12H,13H2. The van der Waals surface area contributed by atoms with Crippen molar-refractivity contribution in [3.63, 3.8) is 0 Å². The van der Waals surface area contributed by atoms with Crippen LogP contribution in [0.25, 0.3) is 22.3 Å². The molecular formula is C25H14I6. The second-order valence-electron chi connectivity index (χ2n) is 6.97. The first-order valence-electron chi connectivity index (χ1n) is 9.31. The van der Waals surface area contributed by atoms with Crippen LogP contribution in [0.1, 0.15) is 11.1 Å². The second kappa shape index (κ2) is 11.3. The Balaban J connectivity index is 1.71. The van der Waals surface area contributed by atoms with Gasteiger partial charge < -0.3 is 0 Å². The number of hydrogen-bond donors (Lipinski definition) is 0. The highest BCUT2D eigenvalue weighted by Gasteiger charge is 2.16. The zero-order valence-corrected chi connectivity index (χ0v) is 28.8. The molecule has 0 nitrogen and oxygen atoms in total. The molecule has 4 aromatic carbocycles. The fourth-order valence-electron chi connectivity index (χ4n) is 3.42. The summed E-state index contributed by atoms with van der Waals surface area (Å²) in [5.41, 5.74) is 8.01. The number of benzene rings is 4. The normalized spacial score (nSPS) is 11.0. The van der Waals surface area contributed by atoms with E-state index in [1.807, 2.05) is 0 Å². The molecule has 0 bridgehead atoms. The number of rotatable bonds is 4. The smallest absolute Gasteiger partial charge is 0.0208 e. The van der Waals surface area contributed by atoms with E-state index in [2.05, 4.69) is 208 Å². The highest BCUT2D eigenvalue weighted by Crippen LogP contribution is 2.35. The Hall–Kier alpha value is 1.26. The summed E-state index contributed by atoms with van der Waals surface area (Å²) < 4.78 is 7.88. The lowest BCUT2D eigenvalue weighted by molar-refractivity contribution is 1.13. The van der Waals surface area contributed by atoms with E-state index in [1.54, 1.807) is 0 Å². The van der Waals surface area contributed by atoms with Gasteiger partial charge >= 0.3 is 0 Å². The Morgan fingerprint density at radius 3 is 1.06 bits per heavy atom. The van der Waals surface area contributed by atoms with Gasteiger partial charge in [0.15, 0.2) is 0 Å². The van der Waals surface area contributed by atoms with Gasteiger partial charge in [-0.3, -0.25) is 0 Å². The van der Waals surface area contributed by atoms with Crippen LogP contribution in [-0.2, 0) is 6.42 Å². The SMILES string of the molecule is Ic1ccccc1-c1cc(I)c(Cc2c(I)cc(-c3ccccc3I)cc2I)c(I)c1. The van der Waals surface area contributed by atoms with Crippen LogP contribution in [0.3, 0.4) is 0 Å². The first-order valence-corrected chi connectivity index (χ1v) is 15.8. The summed E-state index contributed by atoms with van der Waals surface area (Å²) in [7, 11) is 0. The fraction of sp³-hybridized carbons (Fsp3) is 0.0400. The van der Waals surface area contributed by atoms with E-state index in [9.17, 15) is 0 Å². The van der Waals surface area contributed by atoms with Crippen molar-refractivity contribution < 1.29 is 0 Å². The second-order valence-corrected chi connectivity index (χ2v) is 13.9. The van der Waals surface area contributed by atoms with E-state index in [0.717, 1.165) is 6.42 Å². The van der Waals surface area contributed by atoms with E-state index >= 15 is 0 Å². The zero-order chi connectivity index (χ0) is 22.1. The van der Waals surface area contributed by atoms with Gasteiger partial charge in [0.25, 0.3) is 0 Å². The Morgan fingerprint density at radius 1 is 0.419 bits per heavy atom. The summed E-state index contributed by atoms with van der Waals surface area (Å²) in [5, 5.41) is 0. The molecule has 0 N–H and O–H groups in total. The van der Waals surface area contributed by atoms with Crippen LogP contribution in [-0.4, -0.2) is 0 Å². The van der Waals surface area contributed by atoms with Crippen LogP contribution in [0.2, 0.25) is 0 Å². The van der Waals surface area contributed by atoms with Crippen molar-refractivity contribution in [3.8, 4) is 22.3 Å². The topological polar surface area (TPSA) is 0 Å². The molecule has 6 heteroatoms. The third kappa shape index (κ3) is 5.92. The molecule has 31 heavy (non-hydrogen) atoms. The molecule has 0 aromatic heterocycles. The molecule has 0 heterocycles. The Kier molecular flexibility index (Phi) is 9.27. The van der Waals surface area contributed by atoms with Crippen molar-refractivity contribution in [3.05, 3.63) is 105 Å². The van der Waals surface area contributed by atoms with E-state index in [-0.39, 0.29) is 0 Å². The van der Waals surface area contributed by atoms with Gasteiger partial charge in [-0.15, -0.1) is 0 Å². The molecule has 0 unspecified atom stereocenters. The molecular weight excluding hydrogens is 1060 g/mol. The molecule has 4 aromatic rings. The van der Waals surface area contributed by atoms with Crippen LogP contribution in [0.15, 0.2) is 72.8 Å². The van der Waals surface area contributed by atoms with Gasteiger partial charge in [-0.05, 0) is 205 Å². The first-order chi connectivity index (χ1) is 14.8. The largest absolute Gasteiger partial charge is 0.0616 e. The van der Waals surface area contributed by atoms with Crippen molar-refractivity contribution >= 4 is 136 Å². The third-order valence-corrected chi connectivity index (χ3v) is 10.7. The molecule has 0 amide bonds. The Bertz CT molecular complexity index is 1130. The van der Waals surface area contributed by atoms with Crippen LogP contribution in [0.4, 0.5) is 0 Å². The summed E-state index contributed by atoms with van der Waals surface area (Å²) in [6, 6.07) is 26.5. The van der Waals surface area contributed by atoms with Crippen LogP contribution in [0, 0.1) is 21.4 Å². The van der Waals surface area contributed by atoms with Gasteiger partial charge in [0, 0.05) is 27.8 Å². The zero-order valence-electron chi connectivity index (χ0n) is 15.9. The lowest BCUT2D eigenvalue weighted by atomic mass is 9.98. The third-order valence-electron chi connectivity index (χ3n) is 5.01. The lowest BCUT2D eigenvalue weighted by Gasteiger charge is -2.16. The number of halogens is 6. The van der Waals surface area contributed by atoms with Gasteiger partial charge in [0.05, 0.1) is 0 Å². The lowest BCUT2D eigenvalue weighted by Crippen LogP contribution is -2.02. The van der Waals surface area contributed by atoms with Crippen molar-refractivity contribution in [2.24, 2.45) is 0 Å². The van der Waals surface area contributed by atoms with Crippen molar-refractivity contribution in [1.29, 1.82) is 0 Å². The quantitative estimate of drug-likeness (QED) is 0.179. The average molecular weight is 1080 g/mol. The van der Waals surface area contributed by atoms with Crippen LogP contribution < -0.4 is 0 Å². The predicted octanol–water partition coefficient (Wildman–Crippen LogP) is 10.2. The minimum Gasteiger partial charge on any atom is -0.0616 e. The Morgan fingerprint density at radius 2 is 0.742 bits per heavy atom. The Labute approximate surface area is 265 Å². The van der Waals surface area contributed by atoms with E-state index < -0.39 is 0 Å². The van der Waals surface area contributed by atoms with Gasteiger partial charge in [0.2, 0.25) is 0 Å². The van der Waals surface area contributed by atoms with Crippen molar-refractivity contribution in [2.75, 3.05) is 0 Å². The molecule has 0 saturated heterocycles. The maximum atomic E-state index is 2.51. The first kappa shape index (κ1) is 25.4. The molecule has 0 saturated carbocycles. The van der Waals surface area contributed by atoms with E-state index in [4.69, 9.17) is 0 Å². The molecule has 0 fully saturated rings. The summed E-state index contributed by atoms with van der Waals surface area (Å²) in [5.74, 6) is 0. The summed E-state index contributed by atoms with van der Waals surface area (Å²) in [4.78, 5) is 0. The van der Waals surface area contributed by atoms with Gasteiger partial charge in [-0.2, -0.15) is 0 Å². The molecule has 0 radical (unpaired) electrons. The minimum absolute atomic E-state index is 0.950. The average Bonchev–Trinajstić information content (AvgIpc) is 2.72. The van der Waals surface area contributed by atoms with Gasteiger partial charge in [-0.1, -0.05) is 36.4 Å². The number of hydrogen-bond acceptors (Lipinski definition) is 0. The highest BCUT2D eigenvalue weighted by molar-refractivity contribution is 14.1. The maximum absolute atomic E-state index is 2.51. The molecule has 0 aliphatic heterocycles. The monoisotopic (exact) mass is 1080 g/mol. The maximum Gasteiger partial charge on any atom is 0.0208 e. The van der Waals surface area contributed by atoms with Crippen LogP contribution >= 0.6 is 136 Å². The molecule has 0 spiro atoms. The highest BCUT2D eigenvalue weighted by atomic mass is 127. The molecule has 156 valence electrons. The van der Waals surface area contributed by atoms with Crippen molar-refractivity contribution in [1.82, 2.24) is 0 Å². The van der Waals surface area contributed by atoms with Crippen LogP contribution in [0.5, 0.6) is 0 Å². The van der Waals surface area contributed by atoms with Gasteiger partial charge in [-0.25, -0.2) is 0 Å². The molecule has 0 aliphatic rings. The summed E-state index contributed by atoms with van der Waals surface area (Å²) in [6.07, 6.45) is 0.950. The molecule has 0 aliphatic carbocycles.